The van der Waals surface area contributed by atoms with Crippen LogP contribution in [0.25, 0.3) is 10.9 Å². The molecule has 0 bridgehead atoms. The highest BCUT2D eigenvalue weighted by Crippen LogP contribution is 2.18. The van der Waals surface area contributed by atoms with Crippen molar-refractivity contribution < 1.29 is 14.6 Å². The van der Waals surface area contributed by atoms with Gasteiger partial charge in [0.2, 0.25) is 0 Å². The second-order valence-electron chi connectivity index (χ2n) is 5.51. The molecule has 26 heavy (non-hydrogen) atoms. The predicted molar refractivity (Wildman–Crippen MR) is 109 cm³/mol. The first-order chi connectivity index (χ1) is 12.4. The van der Waals surface area contributed by atoms with Crippen molar-refractivity contribution in [2.45, 2.75) is 34.3 Å². The quantitative estimate of drug-likeness (QED) is 0.469. The summed E-state index contributed by atoms with van der Waals surface area (Å²) < 4.78 is 7.88. The van der Waals surface area contributed by atoms with Gasteiger partial charge in [-0.25, -0.2) is 0 Å². The molecule has 0 aliphatic rings. The molecule has 0 saturated carbocycles. The summed E-state index contributed by atoms with van der Waals surface area (Å²) in [4.78, 5) is 9.00. The minimum Gasteiger partial charge on any atom is -0.481 e. The molecular formula is C22H29NO3. The fourth-order valence-corrected chi connectivity index (χ4v) is 2.05. The number of hydrogen-bond donors (Lipinski definition) is 1. The Morgan fingerprint density at radius 3 is 2.46 bits per heavy atom. The highest BCUT2D eigenvalue weighted by Gasteiger charge is 2.04. The molecule has 140 valence electrons. The summed E-state index contributed by atoms with van der Waals surface area (Å²) >= 11 is 0. The lowest BCUT2D eigenvalue weighted by Gasteiger charge is -2.04. The predicted octanol–water partition coefficient (Wildman–Crippen LogP) is 4.95. The molecule has 4 heteroatoms. The van der Waals surface area contributed by atoms with E-state index in [4.69, 9.17) is 14.6 Å². The van der Waals surface area contributed by atoms with E-state index < -0.39 is 5.97 Å². The number of aryl methyl sites for hydroxylation is 1. The van der Waals surface area contributed by atoms with Crippen molar-refractivity contribution in [2.24, 2.45) is 7.05 Å². The van der Waals surface area contributed by atoms with Crippen molar-refractivity contribution in [3.05, 3.63) is 59.8 Å². The number of carboxylic acid groups (broad SMARTS) is 1. The van der Waals surface area contributed by atoms with E-state index in [1.54, 1.807) is 6.92 Å². The monoisotopic (exact) mass is 355 g/mol. The molecule has 0 atom stereocenters. The summed E-state index contributed by atoms with van der Waals surface area (Å²) in [6.45, 7) is 8.15. The first-order valence-electron chi connectivity index (χ1n) is 8.34. The third kappa shape index (κ3) is 9.51. The van der Waals surface area contributed by atoms with Gasteiger partial charge in [-0.3, -0.25) is 4.79 Å². The van der Waals surface area contributed by atoms with E-state index in [1.807, 2.05) is 6.92 Å². The maximum atomic E-state index is 9.00. The van der Waals surface area contributed by atoms with Gasteiger partial charge in [-0.05, 0) is 38.3 Å². The largest absolute Gasteiger partial charge is 0.481 e. The number of nitrogens with zero attached hydrogens (tertiary/aromatic N) is 1. The normalized spacial score (nSPS) is 10.5. The molecule has 1 aromatic heterocycles. The van der Waals surface area contributed by atoms with E-state index in [9.17, 15) is 0 Å². The zero-order valence-electron chi connectivity index (χ0n) is 16.3. The van der Waals surface area contributed by atoms with Crippen LogP contribution in [0.4, 0.5) is 0 Å². The molecule has 1 heterocycles. The van der Waals surface area contributed by atoms with Crippen LogP contribution in [0.1, 0.15) is 33.4 Å². The molecule has 0 spiro atoms. The Kier molecular flexibility index (Phi) is 12.1. The molecule has 1 aromatic carbocycles. The second kappa shape index (κ2) is 13.5. The highest BCUT2D eigenvalue weighted by atomic mass is 16.5. The number of hydrogen-bond acceptors (Lipinski definition) is 2. The van der Waals surface area contributed by atoms with E-state index in [0.717, 1.165) is 6.92 Å². The van der Waals surface area contributed by atoms with Gasteiger partial charge in [-0.15, -0.1) is 12.3 Å². The molecule has 1 N–H and O–H groups in total. The van der Waals surface area contributed by atoms with E-state index >= 15 is 0 Å². The SMILES string of the molecule is C#CC.C/C=C(C)\C=C/COCc1cc2ccccc2n1C.CC(=O)O. The first-order valence-corrected chi connectivity index (χ1v) is 8.34. The number of allylic oxidation sites excluding steroid dienone is 3. The van der Waals surface area contributed by atoms with E-state index in [0.29, 0.717) is 13.2 Å². The minimum atomic E-state index is -0.833. The number of carbonyl (C=O) groups is 1. The fourth-order valence-electron chi connectivity index (χ4n) is 2.05. The van der Waals surface area contributed by atoms with Gasteiger partial charge >= 0.3 is 0 Å². The molecule has 0 aliphatic carbocycles. The van der Waals surface area contributed by atoms with Gasteiger partial charge in [-0.2, -0.15) is 0 Å². The summed E-state index contributed by atoms with van der Waals surface area (Å²) in [5.41, 5.74) is 3.71. The van der Waals surface area contributed by atoms with Crippen LogP contribution in [0.3, 0.4) is 0 Å². The lowest BCUT2D eigenvalue weighted by molar-refractivity contribution is -0.134. The van der Waals surface area contributed by atoms with Crippen LogP contribution in [0.15, 0.2) is 54.1 Å². The molecule has 0 radical (unpaired) electrons. The number of terminal acetylenes is 1. The number of aromatic nitrogens is 1. The van der Waals surface area contributed by atoms with Gasteiger partial charge in [-0.1, -0.05) is 42.0 Å². The number of aliphatic carboxylic acids is 1. The summed E-state index contributed by atoms with van der Waals surface area (Å²) in [7, 11) is 2.08. The van der Waals surface area contributed by atoms with Crippen LogP contribution in [0.2, 0.25) is 0 Å². The zero-order valence-corrected chi connectivity index (χ0v) is 16.3. The molecule has 0 aliphatic heterocycles. The average molecular weight is 355 g/mol. The van der Waals surface area contributed by atoms with Crippen molar-refractivity contribution in [1.82, 2.24) is 4.57 Å². The molecule has 4 nitrogen and oxygen atoms in total. The van der Waals surface area contributed by atoms with Gasteiger partial charge in [0.05, 0.1) is 13.2 Å². The van der Waals surface area contributed by atoms with Crippen LogP contribution >= 0.6 is 0 Å². The Balaban J connectivity index is 0.000000770. The average Bonchev–Trinajstić information content (AvgIpc) is 2.91. The first kappa shape index (κ1) is 23.2. The topological polar surface area (TPSA) is 51.5 Å². The molecule has 0 fully saturated rings. The number of rotatable bonds is 5. The van der Waals surface area contributed by atoms with Crippen LogP contribution < -0.4 is 0 Å². The molecule has 0 saturated heterocycles. The number of benzene rings is 1. The lowest BCUT2D eigenvalue weighted by atomic mass is 10.2. The van der Waals surface area contributed by atoms with Crippen LogP contribution in [-0.2, 0) is 23.2 Å². The maximum absolute atomic E-state index is 9.00. The Morgan fingerprint density at radius 2 is 1.92 bits per heavy atom. The molecule has 0 amide bonds. The Bertz CT molecular complexity index is 772. The van der Waals surface area contributed by atoms with Gasteiger partial charge in [0.1, 0.15) is 0 Å². The van der Waals surface area contributed by atoms with E-state index in [2.05, 4.69) is 79.4 Å². The van der Waals surface area contributed by atoms with Crippen molar-refractivity contribution >= 4 is 16.9 Å². The Labute approximate surface area is 156 Å². The van der Waals surface area contributed by atoms with Crippen LogP contribution in [0.5, 0.6) is 0 Å². The zero-order chi connectivity index (χ0) is 19.9. The molecule has 2 aromatic rings. The third-order valence-corrected chi connectivity index (χ3v) is 3.35. The second-order valence-corrected chi connectivity index (χ2v) is 5.51. The number of para-hydroxylation sites is 1. The lowest BCUT2D eigenvalue weighted by Crippen LogP contribution is -1.99. The summed E-state index contributed by atoms with van der Waals surface area (Å²) in [5.74, 6) is 1.42. The summed E-state index contributed by atoms with van der Waals surface area (Å²) in [5, 5.41) is 8.68. The minimum absolute atomic E-state index is 0.643. The number of ether oxygens (including phenoxy) is 1. The number of carboxylic acids is 1. The van der Waals surface area contributed by atoms with Crippen molar-refractivity contribution in [2.75, 3.05) is 6.61 Å². The van der Waals surface area contributed by atoms with Gasteiger partial charge in [0.15, 0.2) is 0 Å². The smallest absolute Gasteiger partial charge is 0.300 e. The summed E-state index contributed by atoms with van der Waals surface area (Å²) in [6, 6.07) is 10.6. The van der Waals surface area contributed by atoms with Crippen LogP contribution in [-0.4, -0.2) is 22.2 Å². The Morgan fingerprint density at radius 1 is 1.35 bits per heavy atom. The van der Waals surface area contributed by atoms with Crippen LogP contribution in [0, 0.1) is 12.3 Å². The molecule has 2 rings (SSSR count). The maximum Gasteiger partial charge on any atom is 0.300 e. The van der Waals surface area contributed by atoms with Gasteiger partial charge in [0, 0.05) is 25.2 Å². The van der Waals surface area contributed by atoms with Crippen molar-refractivity contribution in [3.8, 4) is 12.3 Å². The standard InChI is InChI=1S/C17H21NO.C3H4.C2H4O2/c1-4-14(2)8-7-11-19-13-16-12-15-9-5-6-10-17(15)18(16)3;1-3-2;1-2(3)4/h4-10,12H,11,13H2,1-3H3;1H,2H3;1H3,(H,3,4)/b8-7-,14-4-;;. The van der Waals surface area contributed by atoms with E-state index in [-0.39, 0.29) is 0 Å². The van der Waals surface area contributed by atoms with E-state index in [1.165, 1.54) is 22.2 Å². The molecule has 0 unspecified atom stereocenters. The third-order valence-electron chi connectivity index (χ3n) is 3.35. The summed E-state index contributed by atoms with van der Waals surface area (Å²) in [6.07, 6.45) is 10.8. The van der Waals surface area contributed by atoms with Crippen molar-refractivity contribution in [3.63, 3.8) is 0 Å². The molecular weight excluding hydrogens is 326 g/mol. The van der Waals surface area contributed by atoms with Crippen molar-refractivity contribution in [1.29, 1.82) is 0 Å². The van der Waals surface area contributed by atoms with Gasteiger partial charge < -0.3 is 14.4 Å². The Hall–Kier alpha value is -2.77. The highest BCUT2D eigenvalue weighted by molar-refractivity contribution is 5.81. The van der Waals surface area contributed by atoms with Gasteiger partial charge in [0.25, 0.3) is 5.97 Å². The fraction of sp³-hybridized carbons (Fsp3) is 0.318. The number of fused-ring (bicyclic) bond motifs is 1.